The maximum Gasteiger partial charge on any atom is 0.123 e. The quantitative estimate of drug-likeness (QED) is 0.860. The summed E-state index contributed by atoms with van der Waals surface area (Å²) in [4.78, 5) is 8.64. The van der Waals surface area contributed by atoms with Gasteiger partial charge in [0.2, 0.25) is 0 Å². The number of aromatic nitrogens is 2. The predicted molar refractivity (Wildman–Crippen MR) is 67.8 cm³/mol. The molecule has 0 spiro atoms. The van der Waals surface area contributed by atoms with Crippen molar-refractivity contribution in [1.29, 1.82) is 0 Å². The first-order valence-corrected chi connectivity index (χ1v) is 6.51. The first kappa shape index (κ1) is 11.6. The fraction of sp³-hybridized carbons (Fsp3) is 0.364. The fourth-order valence-electron chi connectivity index (χ4n) is 1.57. The van der Waals surface area contributed by atoms with Crippen LogP contribution in [0.2, 0.25) is 5.02 Å². The molecule has 0 aliphatic carbocycles. The summed E-state index contributed by atoms with van der Waals surface area (Å²) in [6.45, 7) is 2.97. The van der Waals surface area contributed by atoms with E-state index in [1.165, 1.54) is 4.88 Å². The summed E-state index contributed by atoms with van der Waals surface area (Å²) in [7, 11) is 0. The highest BCUT2D eigenvalue weighted by molar-refractivity contribution is 7.10. The highest BCUT2D eigenvalue weighted by atomic mass is 35.5. The minimum Gasteiger partial charge on any atom is -0.347 e. The van der Waals surface area contributed by atoms with E-state index in [0.29, 0.717) is 0 Å². The van der Waals surface area contributed by atoms with Crippen LogP contribution >= 0.6 is 22.9 Å². The number of hydrogen-bond acceptors (Lipinski definition) is 3. The second-order valence-electron chi connectivity index (χ2n) is 3.55. The van der Waals surface area contributed by atoms with E-state index >= 15 is 0 Å². The second kappa shape index (κ2) is 5.48. The molecule has 2 N–H and O–H groups in total. The molecular formula is C11H14ClN3S. The zero-order valence-corrected chi connectivity index (χ0v) is 10.6. The number of nitrogens with one attached hydrogen (secondary N) is 2. The van der Waals surface area contributed by atoms with Crippen LogP contribution in [0, 0.1) is 0 Å². The maximum atomic E-state index is 5.87. The third kappa shape index (κ3) is 2.84. The number of imidazole rings is 1. The molecule has 0 saturated carbocycles. The summed E-state index contributed by atoms with van der Waals surface area (Å²) in [5.41, 5.74) is 0. The standard InChI is InChI=1S/C11H14ClN3S/c1-2-10(11-13-3-4-14-11)15-6-9-5-8(12)7-16-9/h3-5,7,10,15H,2,6H2,1H3,(H,13,14). The van der Waals surface area contributed by atoms with Gasteiger partial charge < -0.3 is 10.3 Å². The van der Waals surface area contributed by atoms with E-state index < -0.39 is 0 Å². The van der Waals surface area contributed by atoms with Crippen LogP contribution in [0.3, 0.4) is 0 Å². The molecule has 3 nitrogen and oxygen atoms in total. The molecular weight excluding hydrogens is 242 g/mol. The molecule has 2 rings (SSSR count). The van der Waals surface area contributed by atoms with Crippen LogP contribution in [0.25, 0.3) is 0 Å². The molecule has 86 valence electrons. The first-order chi connectivity index (χ1) is 7.79. The average molecular weight is 256 g/mol. The molecule has 0 saturated heterocycles. The van der Waals surface area contributed by atoms with Crippen molar-refractivity contribution in [2.45, 2.75) is 25.9 Å². The highest BCUT2D eigenvalue weighted by Gasteiger charge is 2.10. The number of H-pyrrole nitrogens is 1. The van der Waals surface area contributed by atoms with E-state index in [1.54, 1.807) is 17.5 Å². The van der Waals surface area contributed by atoms with Gasteiger partial charge in [-0.15, -0.1) is 11.3 Å². The molecule has 0 amide bonds. The Kier molecular flexibility index (Phi) is 3.98. The van der Waals surface area contributed by atoms with Gasteiger partial charge in [0.05, 0.1) is 11.1 Å². The molecule has 16 heavy (non-hydrogen) atoms. The van der Waals surface area contributed by atoms with Crippen molar-refractivity contribution in [2.75, 3.05) is 0 Å². The van der Waals surface area contributed by atoms with E-state index in [2.05, 4.69) is 22.2 Å². The molecule has 2 heterocycles. The van der Waals surface area contributed by atoms with Gasteiger partial charge in [-0.25, -0.2) is 4.98 Å². The van der Waals surface area contributed by atoms with E-state index in [1.807, 2.05) is 17.6 Å². The molecule has 0 fully saturated rings. The van der Waals surface area contributed by atoms with Crippen molar-refractivity contribution in [1.82, 2.24) is 15.3 Å². The maximum absolute atomic E-state index is 5.87. The molecule has 0 bridgehead atoms. The van der Waals surface area contributed by atoms with Crippen LogP contribution in [0.5, 0.6) is 0 Å². The van der Waals surface area contributed by atoms with Gasteiger partial charge in [0.25, 0.3) is 0 Å². The summed E-state index contributed by atoms with van der Waals surface area (Å²) >= 11 is 7.55. The Morgan fingerprint density at radius 3 is 3.06 bits per heavy atom. The number of aromatic amines is 1. The van der Waals surface area contributed by atoms with Gasteiger partial charge in [-0.3, -0.25) is 0 Å². The topological polar surface area (TPSA) is 40.7 Å². The van der Waals surface area contributed by atoms with Crippen molar-refractivity contribution in [2.24, 2.45) is 0 Å². The summed E-state index contributed by atoms with van der Waals surface area (Å²) in [5.74, 6) is 0.991. The van der Waals surface area contributed by atoms with E-state index in [4.69, 9.17) is 11.6 Å². The van der Waals surface area contributed by atoms with Crippen molar-refractivity contribution in [3.05, 3.63) is 39.6 Å². The van der Waals surface area contributed by atoms with Crippen molar-refractivity contribution >= 4 is 22.9 Å². The van der Waals surface area contributed by atoms with Crippen molar-refractivity contribution in [3.8, 4) is 0 Å². The minimum atomic E-state index is 0.274. The Morgan fingerprint density at radius 2 is 2.50 bits per heavy atom. The Labute approximate surface area is 104 Å². The molecule has 0 aliphatic rings. The molecule has 2 aromatic heterocycles. The molecule has 0 aliphatic heterocycles. The molecule has 0 radical (unpaired) electrons. The molecule has 5 heteroatoms. The number of thiophene rings is 1. The third-order valence-electron chi connectivity index (χ3n) is 2.40. The van der Waals surface area contributed by atoms with Crippen molar-refractivity contribution < 1.29 is 0 Å². The summed E-state index contributed by atoms with van der Waals surface area (Å²) < 4.78 is 0. The second-order valence-corrected chi connectivity index (χ2v) is 4.98. The SMILES string of the molecule is CCC(NCc1cc(Cl)cs1)c1ncc[nH]1. The lowest BCUT2D eigenvalue weighted by Crippen LogP contribution is -2.20. The zero-order valence-electron chi connectivity index (χ0n) is 9.03. The van der Waals surface area contributed by atoms with Gasteiger partial charge >= 0.3 is 0 Å². The molecule has 1 unspecified atom stereocenters. The Morgan fingerprint density at radius 1 is 1.62 bits per heavy atom. The average Bonchev–Trinajstić information content (AvgIpc) is 2.91. The fourth-order valence-corrected chi connectivity index (χ4v) is 2.60. The number of rotatable bonds is 5. The van der Waals surface area contributed by atoms with Gasteiger partial charge in [0.15, 0.2) is 0 Å². The first-order valence-electron chi connectivity index (χ1n) is 5.25. The minimum absolute atomic E-state index is 0.274. The molecule has 2 aromatic rings. The van der Waals surface area contributed by atoms with Gasteiger partial charge in [-0.05, 0) is 12.5 Å². The van der Waals surface area contributed by atoms with Crippen molar-refractivity contribution in [3.63, 3.8) is 0 Å². The lowest BCUT2D eigenvalue weighted by Gasteiger charge is -2.13. The molecule has 0 aromatic carbocycles. The summed E-state index contributed by atoms with van der Waals surface area (Å²) in [6, 6.07) is 2.27. The van der Waals surface area contributed by atoms with E-state index in [-0.39, 0.29) is 6.04 Å². The van der Waals surface area contributed by atoms with Crippen LogP contribution in [-0.4, -0.2) is 9.97 Å². The Bertz CT molecular complexity index is 424. The monoisotopic (exact) mass is 255 g/mol. The van der Waals surface area contributed by atoms with Gasteiger partial charge in [-0.2, -0.15) is 0 Å². The Hall–Kier alpha value is -0.840. The number of hydrogen-bond donors (Lipinski definition) is 2. The van der Waals surface area contributed by atoms with Crippen LogP contribution in [0.15, 0.2) is 23.8 Å². The molecule has 1 atom stereocenters. The van der Waals surface area contributed by atoms with Gasteiger partial charge in [0, 0.05) is 29.2 Å². The number of nitrogens with zero attached hydrogens (tertiary/aromatic N) is 1. The number of halogens is 1. The largest absolute Gasteiger partial charge is 0.347 e. The van der Waals surface area contributed by atoms with Crippen LogP contribution in [-0.2, 0) is 6.54 Å². The van der Waals surface area contributed by atoms with Gasteiger partial charge in [0.1, 0.15) is 5.82 Å². The smallest absolute Gasteiger partial charge is 0.123 e. The predicted octanol–water partition coefficient (Wildman–Crippen LogP) is 3.37. The summed E-state index contributed by atoms with van der Waals surface area (Å²) in [5, 5.41) is 6.22. The Balaban J connectivity index is 1.93. The zero-order chi connectivity index (χ0) is 11.4. The lowest BCUT2D eigenvalue weighted by molar-refractivity contribution is 0.500. The van der Waals surface area contributed by atoms with Crippen LogP contribution < -0.4 is 5.32 Å². The highest BCUT2D eigenvalue weighted by Crippen LogP contribution is 2.20. The van der Waals surface area contributed by atoms with Gasteiger partial charge in [-0.1, -0.05) is 18.5 Å². The lowest BCUT2D eigenvalue weighted by atomic mass is 10.2. The van der Waals surface area contributed by atoms with E-state index in [9.17, 15) is 0 Å². The third-order valence-corrected chi connectivity index (χ3v) is 3.69. The normalized spacial score (nSPS) is 12.9. The van der Waals surface area contributed by atoms with E-state index in [0.717, 1.165) is 23.8 Å². The van der Waals surface area contributed by atoms with Crippen LogP contribution in [0.1, 0.15) is 30.1 Å². The van der Waals surface area contributed by atoms with Crippen LogP contribution in [0.4, 0.5) is 0 Å². The summed E-state index contributed by atoms with van der Waals surface area (Å²) in [6.07, 6.45) is 4.63.